The predicted octanol–water partition coefficient (Wildman–Crippen LogP) is 4.25. The first-order valence-corrected chi connectivity index (χ1v) is 9.44. The Hall–Kier alpha value is -1.71. The second-order valence-electron chi connectivity index (χ2n) is 7.39. The Labute approximate surface area is 152 Å². The third kappa shape index (κ3) is 4.90. The van der Waals surface area contributed by atoms with Crippen molar-refractivity contribution in [1.82, 2.24) is 9.88 Å². The van der Waals surface area contributed by atoms with E-state index in [2.05, 4.69) is 54.1 Å². The summed E-state index contributed by atoms with van der Waals surface area (Å²) in [5.41, 5.74) is 4.46. The van der Waals surface area contributed by atoms with Crippen LogP contribution >= 0.6 is 0 Å². The predicted molar refractivity (Wildman–Crippen MR) is 103 cm³/mol. The summed E-state index contributed by atoms with van der Waals surface area (Å²) in [6, 6.07) is 13.0. The maximum absolute atomic E-state index is 5.90. The van der Waals surface area contributed by atoms with E-state index in [0.29, 0.717) is 0 Å². The summed E-state index contributed by atoms with van der Waals surface area (Å²) >= 11 is 0. The van der Waals surface area contributed by atoms with Gasteiger partial charge in [0.2, 0.25) is 0 Å². The van der Waals surface area contributed by atoms with Gasteiger partial charge in [0.1, 0.15) is 0 Å². The number of aromatic nitrogens is 1. The largest absolute Gasteiger partial charge is 0.381 e. The lowest BCUT2D eigenvalue weighted by Gasteiger charge is -2.29. The van der Waals surface area contributed by atoms with Crippen molar-refractivity contribution in [1.29, 1.82) is 0 Å². The van der Waals surface area contributed by atoms with Crippen LogP contribution in [0.4, 0.5) is 0 Å². The fraction of sp³-hybridized carbons (Fsp3) is 0.500. The molecular formula is C22H30N2O. The van der Waals surface area contributed by atoms with Crippen LogP contribution < -0.4 is 0 Å². The Morgan fingerprint density at radius 2 is 2.08 bits per heavy atom. The highest BCUT2D eigenvalue weighted by atomic mass is 16.5. The molecule has 1 fully saturated rings. The normalized spacial score (nSPS) is 20.9. The van der Waals surface area contributed by atoms with Gasteiger partial charge in [0.25, 0.3) is 0 Å². The summed E-state index contributed by atoms with van der Waals surface area (Å²) in [4.78, 5) is 6.81. The average molecular weight is 338 g/mol. The van der Waals surface area contributed by atoms with Crippen molar-refractivity contribution < 1.29 is 4.74 Å². The maximum atomic E-state index is 5.90. The van der Waals surface area contributed by atoms with E-state index >= 15 is 0 Å². The lowest BCUT2D eigenvalue weighted by Crippen LogP contribution is -2.32. The average Bonchev–Trinajstić information content (AvgIpc) is 3.03. The molecule has 1 atom stereocenters. The Morgan fingerprint density at radius 1 is 1.20 bits per heavy atom. The van der Waals surface area contributed by atoms with Gasteiger partial charge < -0.3 is 4.74 Å². The first-order valence-electron chi connectivity index (χ1n) is 9.44. The van der Waals surface area contributed by atoms with E-state index in [1.807, 2.05) is 18.5 Å². The van der Waals surface area contributed by atoms with Gasteiger partial charge in [-0.3, -0.25) is 9.88 Å². The van der Waals surface area contributed by atoms with Gasteiger partial charge in [-0.15, -0.1) is 0 Å². The van der Waals surface area contributed by atoms with Gasteiger partial charge in [0, 0.05) is 37.5 Å². The molecule has 2 aromatic rings. The molecular weight excluding hydrogens is 308 g/mol. The molecule has 0 N–H and O–H groups in total. The molecule has 0 amide bonds. The maximum Gasteiger partial charge on any atom is 0.0535 e. The van der Waals surface area contributed by atoms with Crippen LogP contribution in [0.2, 0.25) is 0 Å². The summed E-state index contributed by atoms with van der Waals surface area (Å²) in [5.74, 6) is 0. The number of ether oxygens (including phenoxy) is 1. The van der Waals surface area contributed by atoms with E-state index in [0.717, 1.165) is 39.3 Å². The third-order valence-corrected chi connectivity index (χ3v) is 5.44. The summed E-state index contributed by atoms with van der Waals surface area (Å²) < 4.78 is 5.90. The van der Waals surface area contributed by atoms with E-state index in [1.54, 1.807) is 0 Å². The minimum Gasteiger partial charge on any atom is -0.381 e. The summed E-state index contributed by atoms with van der Waals surface area (Å²) in [7, 11) is 0. The van der Waals surface area contributed by atoms with Crippen molar-refractivity contribution in [2.24, 2.45) is 5.41 Å². The molecule has 0 saturated carbocycles. The number of hydrogen-bond acceptors (Lipinski definition) is 3. The van der Waals surface area contributed by atoms with Crippen molar-refractivity contribution >= 4 is 0 Å². The van der Waals surface area contributed by atoms with Crippen LogP contribution in [0, 0.1) is 12.3 Å². The highest BCUT2D eigenvalue weighted by Gasteiger charge is 2.37. The molecule has 134 valence electrons. The fourth-order valence-corrected chi connectivity index (χ4v) is 3.92. The van der Waals surface area contributed by atoms with Crippen LogP contribution in [0.3, 0.4) is 0 Å². The second-order valence-corrected chi connectivity index (χ2v) is 7.39. The zero-order valence-corrected chi connectivity index (χ0v) is 15.6. The number of rotatable bonds is 8. The number of likely N-dealkylation sites (tertiary alicyclic amines) is 1. The number of pyridine rings is 1. The van der Waals surface area contributed by atoms with E-state index < -0.39 is 0 Å². The highest BCUT2D eigenvalue weighted by molar-refractivity contribution is 5.25. The van der Waals surface area contributed by atoms with Crippen LogP contribution in [0.25, 0.3) is 0 Å². The van der Waals surface area contributed by atoms with Crippen LogP contribution in [-0.4, -0.2) is 36.2 Å². The van der Waals surface area contributed by atoms with Crippen molar-refractivity contribution in [2.45, 2.75) is 39.7 Å². The Morgan fingerprint density at radius 3 is 2.84 bits per heavy atom. The lowest BCUT2D eigenvalue weighted by molar-refractivity contribution is 0.0489. The van der Waals surface area contributed by atoms with Crippen molar-refractivity contribution in [2.75, 3.05) is 26.3 Å². The number of hydrogen-bond donors (Lipinski definition) is 0. The van der Waals surface area contributed by atoms with Crippen LogP contribution in [-0.2, 0) is 17.7 Å². The molecule has 0 bridgehead atoms. The molecule has 1 aromatic carbocycles. The molecule has 2 heterocycles. The smallest absolute Gasteiger partial charge is 0.0535 e. The Balaban J connectivity index is 1.64. The van der Waals surface area contributed by atoms with E-state index in [-0.39, 0.29) is 5.41 Å². The molecule has 1 aliphatic rings. The van der Waals surface area contributed by atoms with Gasteiger partial charge in [-0.2, -0.15) is 0 Å². The zero-order chi connectivity index (χ0) is 17.5. The second kappa shape index (κ2) is 8.59. The molecule has 3 rings (SSSR count). The van der Waals surface area contributed by atoms with Gasteiger partial charge in [0.15, 0.2) is 0 Å². The molecule has 3 nitrogen and oxygen atoms in total. The highest BCUT2D eigenvalue weighted by Crippen LogP contribution is 2.36. The lowest BCUT2D eigenvalue weighted by atomic mass is 9.81. The number of benzene rings is 1. The summed E-state index contributed by atoms with van der Waals surface area (Å²) in [6.45, 7) is 9.24. The third-order valence-electron chi connectivity index (χ3n) is 5.44. The number of nitrogens with zero attached hydrogens (tertiary/aromatic N) is 2. The number of aryl methyl sites for hydroxylation is 2. The topological polar surface area (TPSA) is 25.4 Å². The van der Waals surface area contributed by atoms with Crippen LogP contribution in [0.1, 0.15) is 36.5 Å². The first kappa shape index (κ1) is 18.1. The van der Waals surface area contributed by atoms with Gasteiger partial charge in [-0.25, -0.2) is 0 Å². The monoisotopic (exact) mass is 338 g/mol. The molecule has 0 aliphatic carbocycles. The minimum atomic E-state index is 0.278. The molecule has 0 radical (unpaired) electrons. The van der Waals surface area contributed by atoms with Crippen molar-refractivity contribution in [3.63, 3.8) is 0 Å². The summed E-state index contributed by atoms with van der Waals surface area (Å²) in [6.07, 6.45) is 7.38. The zero-order valence-electron chi connectivity index (χ0n) is 15.6. The standard InChI is InChI=1S/C22H30N2O/c1-3-25-18-22(11-10-21-9-5-4-7-19(21)2)12-14-24(17-22)16-20-8-6-13-23-15-20/h4-9,13,15H,3,10-12,14,16-18H2,1-2H3/t22-/m1/s1. The van der Waals surface area contributed by atoms with E-state index in [9.17, 15) is 0 Å². The minimum absolute atomic E-state index is 0.278. The van der Waals surface area contributed by atoms with Gasteiger partial charge in [-0.05, 0) is 62.4 Å². The summed E-state index contributed by atoms with van der Waals surface area (Å²) in [5, 5.41) is 0. The van der Waals surface area contributed by atoms with Gasteiger partial charge in [-0.1, -0.05) is 30.3 Å². The quantitative estimate of drug-likeness (QED) is 0.719. The van der Waals surface area contributed by atoms with Gasteiger partial charge in [0.05, 0.1) is 6.61 Å². The van der Waals surface area contributed by atoms with E-state index in [4.69, 9.17) is 4.74 Å². The molecule has 1 saturated heterocycles. The first-order chi connectivity index (χ1) is 12.2. The molecule has 0 spiro atoms. The van der Waals surface area contributed by atoms with Crippen molar-refractivity contribution in [3.05, 3.63) is 65.5 Å². The molecule has 1 aromatic heterocycles. The SMILES string of the molecule is CCOC[C@]1(CCc2ccccc2C)CCN(Cc2cccnc2)C1. The molecule has 1 aliphatic heterocycles. The van der Waals surface area contributed by atoms with E-state index in [1.165, 1.54) is 29.5 Å². The van der Waals surface area contributed by atoms with Gasteiger partial charge >= 0.3 is 0 Å². The fourth-order valence-electron chi connectivity index (χ4n) is 3.92. The molecule has 25 heavy (non-hydrogen) atoms. The molecule has 3 heteroatoms. The van der Waals surface area contributed by atoms with Crippen LogP contribution in [0.15, 0.2) is 48.8 Å². The molecule has 0 unspecified atom stereocenters. The van der Waals surface area contributed by atoms with Crippen LogP contribution in [0.5, 0.6) is 0 Å². The van der Waals surface area contributed by atoms with Crippen molar-refractivity contribution in [3.8, 4) is 0 Å². The Bertz CT molecular complexity index is 658. The Kier molecular flexibility index (Phi) is 6.22.